The van der Waals surface area contributed by atoms with Crippen molar-refractivity contribution in [2.75, 3.05) is 9.80 Å². The standard InChI is InChI=1S/C100H66B2N4O2/c1-100(2,3)69-57-87-93-88(58-69)106(90-55-68(63-31-13-6-14-32-63)54-78-77-53-66(61-27-9-4-10-28-61)48-52-91(77)107-98(78)90)97-82(60-89-94-99(97)108-92-56-67(62-29-11-5-12-30-62)47-50-80(92)102(94)81-43-26-42-76-75-39-21-24-46-85(75)104(89)96(76)81)101(93)79-51-49-70(103-83-44-22-19-37-73(83)74-38-20-23-45-84(74)103)59-86(79)105(87)95-71(64-33-15-7-16-34-64)40-25-41-72(95)65-35-17-8-18-36-65/h4-60H,1-3H3/i19D,20D,21D,22D,23D,24D,26D,37D,38D,39D,42D,43D,44D,45D,46D,49D,51D,59D. The lowest BCUT2D eigenvalue weighted by atomic mass is 9.31. The van der Waals surface area contributed by atoms with E-state index >= 15 is 0 Å². The lowest BCUT2D eigenvalue weighted by Crippen LogP contribution is -2.64. The molecule has 4 aliphatic heterocycles. The van der Waals surface area contributed by atoms with Gasteiger partial charge in [0.15, 0.2) is 5.58 Å². The molecule has 0 aliphatic carbocycles. The van der Waals surface area contributed by atoms with E-state index in [0.717, 1.165) is 65.4 Å². The fourth-order valence-corrected chi connectivity index (χ4v) is 17.5. The molecule has 504 valence electrons. The van der Waals surface area contributed by atoms with E-state index in [1.165, 1.54) is 0 Å². The van der Waals surface area contributed by atoms with E-state index in [1.54, 1.807) is 4.57 Å². The number of ether oxygens (including phenoxy) is 1. The zero-order valence-corrected chi connectivity index (χ0v) is 58.3. The molecule has 0 saturated carbocycles. The Morgan fingerprint density at radius 3 is 1.49 bits per heavy atom. The summed E-state index contributed by atoms with van der Waals surface area (Å²) in [5, 5.41) is 0.851. The SMILES string of the molecule is [2H]c1c([2H])c(-n2c3c([2H])c([2H])c([2H])c([2H])c3c3c([2H])c([2H])c([2H])c([2H])c32)c([2H])c2c1B1c3cc4c5c(c3N(c3cc(-c6ccccc6)cc6c3oc3ccc(-c7ccccc7)cc36)c3cc(C(C)(C)C)cc(c31)N2c1c(-c2ccccc2)cccc1-c1ccccc1)Oc1cc(-c2ccccc2)ccc1B5c1c([2H])c([2H])c([2H])c2c3c([2H])c([2H])c([2H])c([2H])c3n-4c12. The topological polar surface area (TPSA) is 38.7 Å². The van der Waals surface area contributed by atoms with E-state index in [-0.39, 0.29) is 77.7 Å². The summed E-state index contributed by atoms with van der Waals surface area (Å²) in [5.74, 6) is 0.489. The number of furan rings is 1. The molecule has 0 bridgehead atoms. The molecule has 23 rings (SSSR count). The van der Waals surface area contributed by atoms with Crippen LogP contribution in [0.5, 0.6) is 11.5 Å². The predicted molar refractivity (Wildman–Crippen MR) is 453 cm³/mol. The maximum absolute atomic E-state index is 11.9. The third-order valence-corrected chi connectivity index (χ3v) is 22.3. The van der Waals surface area contributed by atoms with Crippen LogP contribution in [0.1, 0.15) is 51.0 Å². The molecule has 7 heterocycles. The molecule has 19 aromatic rings. The molecule has 16 aromatic carbocycles. The first-order valence-corrected chi connectivity index (χ1v) is 36.1. The van der Waals surface area contributed by atoms with E-state index < -0.39 is 127 Å². The first-order valence-electron chi connectivity index (χ1n) is 45.1. The first kappa shape index (κ1) is 45.6. The number of hydrogen-bond acceptors (Lipinski definition) is 4. The van der Waals surface area contributed by atoms with Crippen molar-refractivity contribution in [3.8, 4) is 78.5 Å². The minimum atomic E-state index is -1.37. The van der Waals surface area contributed by atoms with Crippen LogP contribution in [0.15, 0.2) is 350 Å². The van der Waals surface area contributed by atoms with Crippen LogP contribution in [0, 0.1) is 0 Å². The Morgan fingerprint density at radius 2 is 0.870 bits per heavy atom. The van der Waals surface area contributed by atoms with Gasteiger partial charge < -0.3 is 28.1 Å². The van der Waals surface area contributed by atoms with Crippen molar-refractivity contribution < 1.29 is 33.8 Å². The van der Waals surface area contributed by atoms with Gasteiger partial charge in [0.1, 0.15) is 17.1 Å². The summed E-state index contributed by atoms with van der Waals surface area (Å²) in [5.41, 5.74) is 12.2. The smallest absolute Gasteiger partial charge is 0.256 e. The highest BCUT2D eigenvalue weighted by atomic mass is 16.5. The molecule has 0 N–H and O–H groups in total. The Hall–Kier alpha value is -13.6. The van der Waals surface area contributed by atoms with E-state index in [2.05, 4.69) is 68.1 Å². The third kappa shape index (κ3) is 8.80. The maximum atomic E-state index is 11.9. The molecule has 4 aliphatic rings. The van der Waals surface area contributed by atoms with Gasteiger partial charge in [-0.25, -0.2) is 0 Å². The predicted octanol–water partition coefficient (Wildman–Crippen LogP) is 22.4. The molecule has 3 aromatic heterocycles. The maximum Gasteiger partial charge on any atom is 0.256 e. The number of para-hydroxylation sites is 5. The van der Waals surface area contributed by atoms with Crippen molar-refractivity contribution in [2.45, 2.75) is 26.2 Å². The summed E-state index contributed by atoms with van der Waals surface area (Å²) in [6.45, 7) is 3.86. The molecule has 0 unspecified atom stereocenters. The molecular weight excluding hydrogens is 1310 g/mol. The van der Waals surface area contributed by atoms with E-state index in [1.807, 2.05) is 199 Å². The minimum absolute atomic E-state index is 0.0136. The number of benzene rings is 16. The number of anilines is 6. The average Bonchev–Trinajstić information content (AvgIpc) is 0.967. The van der Waals surface area contributed by atoms with Crippen molar-refractivity contribution in [1.82, 2.24) is 9.13 Å². The summed E-state index contributed by atoms with van der Waals surface area (Å²) in [4.78, 5) is 4.14. The first-order chi connectivity index (χ1) is 60.7. The van der Waals surface area contributed by atoms with Gasteiger partial charge in [0, 0.05) is 77.4 Å². The number of nitrogens with zero attached hydrogens (tertiary/aromatic N) is 4. The summed E-state index contributed by atoms with van der Waals surface area (Å²) < 4.78 is 199. The Balaban J connectivity index is 0.970. The van der Waals surface area contributed by atoms with Crippen LogP contribution >= 0.6 is 0 Å². The molecule has 0 radical (unpaired) electrons. The minimum Gasteiger partial charge on any atom is -0.456 e. The number of hydrogen-bond donors (Lipinski definition) is 0. The number of fused-ring (bicyclic) bond motifs is 18. The number of aromatic nitrogens is 2. The lowest BCUT2D eigenvalue weighted by molar-refractivity contribution is 0.489. The van der Waals surface area contributed by atoms with Gasteiger partial charge in [-0.2, -0.15) is 0 Å². The second-order valence-corrected chi connectivity index (χ2v) is 29.2. The van der Waals surface area contributed by atoms with Gasteiger partial charge in [0.2, 0.25) is 0 Å². The van der Waals surface area contributed by atoms with Gasteiger partial charge in [0.05, 0.1) is 58.3 Å². The molecule has 0 atom stereocenters. The fourth-order valence-electron chi connectivity index (χ4n) is 17.5. The monoisotopic (exact) mass is 1390 g/mol. The molecule has 0 fully saturated rings. The van der Waals surface area contributed by atoms with Crippen molar-refractivity contribution in [2.24, 2.45) is 0 Å². The van der Waals surface area contributed by atoms with Gasteiger partial charge in [-0.05, 0) is 167 Å². The van der Waals surface area contributed by atoms with Gasteiger partial charge in [0.25, 0.3) is 13.4 Å². The summed E-state index contributed by atoms with van der Waals surface area (Å²) in [7, 11) is 0. The molecule has 8 heteroatoms. The van der Waals surface area contributed by atoms with Crippen molar-refractivity contribution in [1.29, 1.82) is 0 Å². The third-order valence-electron chi connectivity index (χ3n) is 22.3. The van der Waals surface area contributed by atoms with Gasteiger partial charge in [-0.15, -0.1) is 0 Å². The Morgan fingerprint density at radius 1 is 0.343 bits per heavy atom. The van der Waals surface area contributed by atoms with Crippen LogP contribution in [0.25, 0.3) is 133 Å². The number of rotatable bonds is 8. The molecule has 0 saturated heterocycles. The van der Waals surface area contributed by atoms with E-state index in [0.29, 0.717) is 78.3 Å². The van der Waals surface area contributed by atoms with Crippen LogP contribution in [-0.2, 0) is 5.41 Å². The van der Waals surface area contributed by atoms with Crippen LogP contribution in [0.3, 0.4) is 0 Å². The zero-order chi connectivity index (χ0) is 86.9. The van der Waals surface area contributed by atoms with Crippen LogP contribution in [0.4, 0.5) is 34.1 Å². The fraction of sp³-hybridized carbons (Fsp3) is 0.0400. The van der Waals surface area contributed by atoms with Gasteiger partial charge >= 0.3 is 0 Å². The molecule has 0 amide bonds. The highest BCUT2D eigenvalue weighted by molar-refractivity contribution is 7.02. The van der Waals surface area contributed by atoms with Crippen LogP contribution in [-0.4, -0.2) is 22.6 Å². The summed E-state index contributed by atoms with van der Waals surface area (Å²) in [6.07, 6.45) is 0. The Labute approximate surface area is 651 Å². The lowest BCUT2D eigenvalue weighted by Gasteiger charge is -2.47. The van der Waals surface area contributed by atoms with Gasteiger partial charge in [-0.3, -0.25) is 0 Å². The largest absolute Gasteiger partial charge is 0.456 e. The van der Waals surface area contributed by atoms with E-state index in [9.17, 15) is 21.9 Å². The molecule has 0 spiro atoms. The molecule has 6 nitrogen and oxygen atoms in total. The molecule has 108 heavy (non-hydrogen) atoms. The average molecular weight is 1400 g/mol. The van der Waals surface area contributed by atoms with Crippen LogP contribution < -0.4 is 47.3 Å². The highest BCUT2D eigenvalue weighted by Gasteiger charge is 2.51. The van der Waals surface area contributed by atoms with Crippen molar-refractivity contribution >= 4 is 146 Å². The summed E-state index contributed by atoms with van der Waals surface area (Å²) >= 11 is 0. The summed E-state index contributed by atoms with van der Waals surface area (Å²) in [6, 6.07) is 67.1. The second kappa shape index (κ2) is 23.0. The second-order valence-electron chi connectivity index (χ2n) is 29.2. The zero-order valence-electron chi connectivity index (χ0n) is 76.3. The molecular formula is C100H66B2N4O2. The van der Waals surface area contributed by atoms with Gasteiger partial charge in [-0.1, -0.05) is 287 Å². The van der Waals surface area contributed by atoms with Crippen LogP contribution in [0.2, 0.25) is 0 Å². The van der Waals surface area contributed by atoms with E-state index in [4.69, 9.17) is 11.9 Å². The quantitative estimate of drug-likeness (QED) is 0.142. The highest BCUT2D eigenvalue weighted by Crippen LogP contribution is 2.56. The van der Waals surface area contributed by atoms with Crippen molar-refractivity contribution in [3.63, 3.8) is 0 Å². The van der Waals surface area contributed by atoms with Crippen molar-refractivity contribution in [3.05, 3.63) is 351 Å². The Kier molecular flexibility index (Phi) is 9.71. The Bertz CT molecular complexity index is 8030. The normalized spacial score (nSPS) is 15.5.